The number of amides is 4. The number of carbonyl (C=O) groups is 4. The minimum Gasteiger partial charge on any atom is -0.480 e. The van der Waals surface area contributed by atoms with Crippen molar-refractivity contribution < 1.29 is 24.3 Å². The lowest BCUT2D eigenvalue weighted by molar-refractivity contribution is -0.152. The van der Waals surface area contributed by atoms with E-state index in [1.54, 1.807) is 11.8 Å². The Balaban J connectivity index is 1.60. The molecule has 0 spiro atoms. The number of likely N-dealkylation sites (tertiary alicyclic amines) is 1. The Morgan fingerprint density at radius 1 is 1.03 bits per heavy atom. The fourth-order valence-electron chi connectivity index (χ4n) is 6.61. The lowest BCUT2D eigenvalue weighted by atomic mass is 9.84. The molecule has 2 aliphatic heterocycles. The molecule has 2 saturated heterocycles. The first-order chi connectivity index (χ1) is 15.4. The Bertz CT molecular complexity index is 765. The molecule has 1 N–H and O–H groups in total. The standard InChI is InChI=1S/C24H37N3O5/c1-3-9-19-22(29)26(17-11-5-4-6-12-17)24(32)25(19)15(2)21(28)27-18-13-8-7-10-16(18)14-20(27)23(30)31/h15-20H,3-14H2,1-2H3,(H,30,31)/t15-,16-,18-,19?,20?/m0/s1. The molecule has 0 radical (unpaired) electrons. The maximum atomic E-state index is 13.7. The molecule has 5 atom stereocenters. The number of carboxylic acid groups (broad SMARTS) is 1. The van der Waals surface area contributed by atoms with Crippen molar-refractivity contribution in [3.63, 3.8) is 0 Å². The molecule has 4 aliphatic rings. The van der Waals surface area contributed by atoms with Crippen molar-refractivity contribution in [2.75, 3.05) is 0 Å². The van der Waals surface area contributed by atoms with Crippen LogP contribution in [0.15, 0.2) is 0 Å². The Morgan fingerprint density at radius 2 is 1.69 bits per heavy atom. The summed E-state index contributed by atoms with van der Waals surface area (Å²) >= 11 is 0. The molecule has 2 heterocycles. The molecule has 4 amide bonds. The second-order valence-electron chi connectivity index (χ2n) is 10.1. The van der Waals surface area contributed by atoms with Crippen molar-refractivity contribution in [1.82, 2.24) is 14.7 Å². The first kappa shape index (κ1) is 23.1. The van der Waals surface area contributed by atoms with Crippen molar-refractivity contribution in [3.8, 4) is 0 Å². The molecule has 0 aromatic heterocycles. The summed E-state index contributed by atoms with van der Waals surface area (Å²) in [7, 11) is 0. The van der Waals surface area contributed by atoms with Gasteiger partial charge in [-0.05, 0) is 51.4 Å². The number of hydrogen-bond acceptors (Lipinski definition) is 4. The number of urea groups is 1. The SMILES string of the molecule is CCCC1C(=O)N(C2CCCCC2)C(=O)N1[C@@H](C)C(=O)N1C(C(=O)O)C[C@@H]2CCCC[C@@H]21. The number of aliphatic carboxylic acids is 1. The molecule has 2 saturated carbocycles. The Kier molecular flexibility index (Phi) is 6.77. The summed E-state index contributed by atoms with van der Waals surface area (Å²) in [6.07, 6.45) is 10.3. The average Bonchev–Trinajstić information content (AvgIpc) is 3.29. The number of imide groups is 1. The van der Waals surface area contributed by atoms with E-state index in [0.717, 1.165) is 64.2 Å². The van der Waals surface area contributed by atoms with Crippen LogP contribution in [0, 0.1) is 5.92 Å². The topological polar surface area (TPSA) is 98.2 Å². The molecule has 0 bridgehead atoms. The first-order valence-corrected chi connectivity index (χ1v) is 12.6. The lowest BCUT2D eigenvalue weighted by Crippen LogP contribution is -2.56. The number of carboxylic acids is 1. The Labute approximate surface area is 190 Å². The second kappa shape index (κ2) is 9.40. The molecular formula is C24H37N3O5. The Morgan fingerprint density at radius 3 is 2.34 bits per heavy atom. The van der Waals surface area contributed by atoms with E-state index in [1.165, 1.54) is 9.80 Å². The van der Waals surface area contributed by atoms with Gasteiger partial charge in [-0.25, -0.2) is 9.59 Å². The van der Waals surface area contributed by atoms with Gasteiger partial charge in [0.25, 0.3) is 5.91 Å². The monoisotopic (exact) mass is 447 g/mol. The van der Waals surface area contributed by atoms with Crippen molar-refractivity contribution in [3.05, 3.63) is 0 Å². The quantitative estimate of drug-likeness (QED) is 0.630. The van der Waals surface area contributed by atoms with E-state index < -0.39 is 24.1 Å². The maximum Gasteiger partial charge on any atom is 0.328 e. The van der Waals surface area contributed by atoms with Crippen LogP contribution in [0.1, 0.15) is 90.9 Å². The molecule has 2 unspecified atom stereocenters. The third-order valence-corrected chi connectivity index (χ3v) is 8.19. The summed E-state index contributed by atoms with van der Waals surface area (Å²) in [6, 6.07) is -2.86. The van der Waals surface area contributed by atoms with Crippen LogP contribution < -0.4 is 0 Å². The van der Waals surface area contributed by atoms with Gasteiger partial charge in [0.1, 0.15) is 18.1 Å². The van der Waals surface area contributed by atoms with Crippen LogP contribution in [0.25, 0.3) is 0 Å². The van der Waals surface area contributed by atoms with Gasteiger partial charge in [0.05, 0.1) is 0 Å². The van der Waals surface area contributed by atoms with Crippen LogP contribution in [0.5, 0.6) is 0 Å². The summed E-state index contributed by atoms with van der Waals surface area (Å²) in [5.74, 6) is -1.27. The third kappa shape index (κ3) is 3.90. The van der Waals surface area contributed by atoms with Gasteiger partial charge in [-0.1, -0.05) is 45.4 Å². The molecule has 4 fully saturated rings. The normalized spacial score (nSPS) is 32.4. The zero-order valence-electron chi connectivity index (χ0n) is 19.4. The van der Waals surface area contributed by atoms with E-state index in [-0.39, 0.29) is 35.8 Å². The summed E-state index contributed by atoms with van der Waals surface area (Å²) in [4.78, 5) is 57.0. The van der Waals surface area contributed by atoms with Gasteiger partial charge in [-0.15, -0.1) is 0 Å². The molecule has 4 rings (SSSR count). The lowest BCUT2D eigenvalue weighted by Gasteiger charge is -2.37. The molecule has 32 heavy (non-hydrogen) atoms. The molecule has 0 aromatic carbocycles. The van der Waals surface area contributed by atoms with Gasteiger partial charge in [0.2, 0.25) is 5.91 Å². The van der Waals surface area contributed by atoms with Crippen LogP contribution in [0.2, 0.25) is 0 Å². The molecule has 8 heteroatoms. The Hall–Kier alpha value is -2.12. The highest BCUT2D eigenvalue weighted by molar-refractivity contribution is 6.06. The van der Waals surface area contributed by atoms with E-state index in [2.05, 4.69) is 0 Å². The highest BCUT2D eigenvalue weighted by Gasteiger charge is 2.54. The number of nitrogens with zero attached hydrogens (tertiary/aromatic N) is 3. The maximum absolute atomic E-state index is 13.7. The summed E-state index contributed by atoms with van der Waals surface area (Å²) in [6.45, 7) is 3.65. The predicted molar refractivity (Wildman–Crippen MR) is 118 cm³/mol. The largest absolute Gasteiger partial charge is 0.480 e. The fraction of sp³-hybridized carbons (Fsp3) is 0.833. The highest BCUT2D eigenvalue weighted by Crippen LogP contribution is 2.41. The van der Waals surface area contributed by atoms with E-state index in [1.807, 2.05) is 6.92 Å². The zero-order chi connectivity index (χ0) is 23.0. The number of fused-ring (bicyclic) bond motifs is 1. The minimum atomic E-state index is -0.974. The third-order valence-electron chi connectivity index (χ3n) is 8.19. The van der Waals surface area contributed by atoms with Crippen LogP contribution >= 0.6 is 0 Å². The van der Waals surface area contributed by atoms with Crippen LogP contribution in [0.3, 0.4) is 0 Å². The van der Waals surface area contributed by atoms with Gasteiger partial charge >= 0.3 is 12.0 Å². The van der Waals surface area contributed by atoms with Gasteiger partial charge < -0.3 is 14.9 Å². The predicted octanol–water partition coefficient (Wildman–Crippen LogP) is 3.38. The van der Waals surface area contributed by atoms with Gasteiger partial charge in [-0.2, -0.15) is 0 Å². The average molecular weight is 448 g/mol. The van der Waals surface area contributed by atoms with Crippen LogP contribution in [-0.2, 0) is 14.4 Å². The van der Waals surface area contributed by atoms with Crippen molar-refractivity contribution in [1.29, 1.82) is 0 Å². The summed E-state index contributed by atoms with van der Waals surface area (Å²) in [5.41, 5.74) is 0. The van der Waals surface area contributed by atoms with E-state index in [4.69, 9.17) is 0 Å². The van der Waals surface area contributed by atoms with Gasteiger partial charge in [0, 0.05) is 12.1 Å². The number of carbonyl (C=O) groups excluding carboxylic acids is 3. The van der Waals surface area contributed by atoms with Crippen LogP contribution in [0.4, 0.5) is 4.79 Å². The molecule has 178 valence electrons. The second-order valence-corrected chi connectivity index (χ2v) is 10.1. The summed E-state index contributed by atoms with van der Waals surface area (Å²) in [5, 5.41) is 9.83. The highest BCUT2D eigenvalue weighted by atomic mass is 16.4. The first-order valence-electron chi connectivity index (χ1n) is 12.6. The van der Waals surface area contributed by atoms with Crippen molar-refractivity contribution in [2.45, 2.75) is 121 Å². The van der Waals surface area contributed by atoms with Crippen molar-refractivity contribution in [2.24, 2.45) is 5.92 Å². The van der Waals surface area contributed by atoms with E-state index >= 15 is 0 Å². The van der Waals surface area contributed by atoms with Gasteiger partial charge in [0.15, 0.2) is 0 Å². The summed E-state index contributed by atoms with van der Waals surface area (Å²) < 4.78 is 0. The molecule has 8 nitrogen and oxygen atoms in total. The number of hydrogen-bond donors (Lipinski definition) is 1. The molecule has 2 aliphatic carbocycles. The molecular weight excluding hydrogens is 410 g/mol. The fourth-order valence-corrected chi connectivity index (χ4v) is 6.61. The van der Waals surface area contributed by atoms with Gasteiger partial charge in [-0.3, -0.25) is 14.5 Å². The molecule has 0 aromatic rings. The van der Waals surface area contributed by atoms with Crippen molar-refractivity contribution >= 4 is 23.8 Å². The van der Waals surface area contributed by atoms with E-state index in [9.17, 15) is 24.3 Å². The van der Waals surface area contributed by atoms with Crippen LogP contribution in [-0.4, -0.2) is 73.8 Å². The number of rotatable bonds is 6. The smallest absolute Gasteiger partial charge is 0.328 e. The van der Waals surface area contributed by atoms with E-state index in [0.29, 0.717) is 12.8 Å². The zero-order valence-corrected chi connectivity index (χ0v) is 19.4. The minimum absolute atomic E-state index is 0.0766.